The van der Waals surface area contributed by atoms with Gasteiger partial charge in [-0.15, -0.1) is 0 Å². The minimum atomic E-state index is 0.379. The van der Waals surface area contributed by atoms with E-state index in [9.17, 15) is 0 Å². The van der Waals surface area contributed by atoms with Crippen LogP contribution >= 0.6 is 11.8 Å². The number of nitrogens with zero attached hydrogens (tertiary/aromatic N) is 2. The van der Waals surface area contributed by atoms with Crippen molar-refractivity contribution in [1.29, 1.82) is 0 Å². The van der Waals surface area contributed by atoms with Crippen LogP contribution < -0.4 is 5.32 Å². The summed E-state index contributed by atoms with van der Waals surface area (Å²) in [4.78, 5) is 4.38. The third-order valence-corrected chi connectivity index (χ3v) is 5.18. The zero-order valence-electron chi connectivity index (χ0n) is 11.5. The van der Waals surface area contributed by atoms with Crippen LogP contribution in [0.4, 0.5) is 0 Å². The smallest absolute Gasteiger partial charge is 0.122 e. The summed E-state index contributed by atoms with van der Waals surface area (Å²) in [6, 6.07) is 0. The Kier molecular flexibility index (Phi) is 6.06. The summed E-state index contributed by atoms with van der Waals surface area (Å²) in [7, 11) is 0. The van der Waals surface area contributed by atoms with Crippen molar-refractivity contribution in [2.45, 2.75) is 51.4 Å². The number of hydrogen-bond acceptors (Lipinski definition) is 3. The molecule has 3 nitrogen and oxygen atoms in total. The van der Waals surface area contributed by atoms with Crippen LogP contribution in [-0.4, -0.2) is 27.1 Å². The standard InChI is InChI=1S/C13H25N3S/c1-5-13(6-2,17-4)11-14-10-12-15-8-9-16(12)7-3/h8-9,14H,5-7,10-11H2,1-4H3. The van der Waals surface area contributed by atoms with E-state index in [0.29, 0.717) is 4.75 Å². The molecule has 1 rings (SSSR count). The molecule has 98 valence electrons. The van der Waals surface area contributed by atoms with Crippen LogP contribution in [0.1, 0.15) is 39.4 Å². The van der Waals surface area contributed by atoms with Crippen molar-refractivity contribution in [2.24, 2.45) is 0 Å². The summed E-state index contributed by atoms with van der Waals surface area (Å²) >= 11 is 1.97. The van der Waals surface area contributed by atoms with E-state index < -0.39 is 0 Å². The van der Waals surface area contributed by atoms with Gasteiger partial charge in [0, 0.05) is 30.2 Å². The van der Waals surface area contributed by atoms with E-state index in [2.05, 4.69) is 41.9 Å². The average molecular weight is 255 g/mol. The van der Waals surface area contributed by atoms with Crippen molar-refractivity contribution in [1.82, 2.24) is 14.9 Å². The maximum Gasteiger partial charge on any atom is 0.122 e. The molecule has 17 heavy (non-hydrogen) atoms. The molecule has 4 heteroatoms. The Labute approximate surface area is 109 Å². The summed E-state index contributed by atoms with van der Waals surface area (Å²) in [6.45, 7) is 9.60. The largest absolute Gasteiger partial charge is 0.334 e. The second-order valence-corrected chi connectivity index (χ2v) is 5.60. The Balaban J connectivity index is 2.46. The van der Waals surface area contributed by atoms with Crippen molar-refractivity contribution in [3.8, 4) is 0 Å². The summed E-state index contributed by atoms with van der Waals surface area (Å²) < 4.78 is 2.56. The molecule has 0 aliphatic rings. The number of aryl methyl sites for hydroxylation is 1. The number of hydrogen-bond donors (Lipinski definition) is 1. The van der Waals surface area contributed by atoms with Crippen molar-refractivity contribution in [3.63, 3.8) is 0 Å². The van der Waals surface area contributed by atoms with Crippen LogP contribution in [0.2, 0.25) is 0 Å². The van der Waals surface area contributed by atoms with Crippen LogP contribution in [0, 0.1) is 0 Å². The minimum Gasteiger partial charge on any atom is -0.334 e. The highest BCUT2D eigenvalue weighted by atomic mass is 32.2. The molecule has 0 bridgehead atoms. The fraction of sp³-hybridized carbons (Fsp3) is 0.769. The predicted molar refractivity (Wildman–Crippen MR) is 76.4 cm³/mol. The molecular formula is C13H25N3S. The van der Waals surface area contributed by atoms with Crippen LogP contribution in [0.25, 0.3) is 0 Å². The number of thioether (sulfide) groups is 1. The summed E-state index contributed by atoms with van der Waals surface area (Å²) in [5.41, 5.74) is 0. The fourth-order valence-corrected chi connectivity index (χ4v) is 2.88. The van der Waals surface area contributed by atoms with Crippen molar-refractivity contribution < 1.29 is 0 Å². The van der Waals surface area contributed by atoms with Gasteiger partial charge < -0.3 is 9.88 Å². The Bertz CT molecular complexity index is 310. The fourth-order valence-electron chi connectivity index (χ4n) is 2.06. The van der Waals surface area contributed by atoms with Crippen LogP contribution in [0.5, 0.6) is 0 Å². The van der Waals surface area contributed by atoms with Gasteiger partial charge >= 0.3 is 0 Å². The molecule has 0 saturated carbocycles. The molecule has 1 heterocycles. The predicted octanol–water partition coefficient (Wildman–Crippen LogP) is 2.91. The Morgan fingerprint density at radius 3 is 2.59 bits per heavy atom. The van der Waals surface area contributed by atoms with Gasteiger partial charge in [0.05, 0.1) is 6.54 Å². The molecule has 0 radical (unpaired) electrons. The first kappa shape index (κ1) is 14.6. The maximum absolute atomic E-state index is 4.38. The molecule has 0 saturated heterocycles. The highest BCUT2D eigenvalue weighted by molar-refractivity contribution is 8.00. The molecule has 0 amide bonds. The van der Waals surface area contributed by atoms with E-state index in [4.69, 9.17) is 0 Å². The molecule has 1 aromatic heterocycles. The van der Waals surface area contributed by atoms with E-state index in [-0.39, 0.29) is 0 Å². The number of aromatic nitrogens is 2. The summed E-state index contributed by atoms with van der Waals surface area (Å²) in [5.74, 6) is 1.13. The zero-order chi connectivity index (χ0) is 12.7. The summed E-state index contributed by atoms with van der Waals surface area (Å²) in [5, 5.41) is 3.55. The van der Waals surface area contributed by atoms with Gasteiger partial charge in [0.2, 0.25) is 0 Å². The molecule has 0 aromatic carbocycles. The van der Waals surface area contributed by atoms with Gasteiger partial charge in [0.15, 0.2) is 0 Å². The van der Waals surface area contributed by atoms with Crippen LogP contribution in [0.15, 0.2) is 12.4 Å². The average Bonchev–Trinajstić information content (AvgIpc) is 2.83. The minimum absolute atomic E-state index is 0.379. The second kappa shape index (κ2) is 7.07. The molecular weight excluding hydrogens is 230 g/mol. The van der Waals surface area contributed by atoms with Gasteiger partial charge in [-0.2, -0.15) is 11.8 Å². The van der Waals surface area contributed by atoms with E-state index in [1.54, 1.807) is 0 Å². The van der Waals surface area contributed by atoms with Gasteiger partial charge in [-0.3, -0.25) is 0 Å². The van der Waals surface area contributed by atoms with Gasteiger partial charge in [0.1, 0.15) is 5.82 Å². The highest BCUT2D eigenvalue weighted by Gasteiger charge is 2.24. The molecule has 1 aromatic rings. The number of rotatable bonds is 8. The molecule has 0 fully saturated rings. The first-order chi connectivity index (χ1) is 8.21. The lowest BCUT2D eigenvalue weighted by molar-refractivity contribution is 0.484. The van der Waals surface area contributed by atoms with Gasteiger partial charge in [-0.05, 0) is 26.0 Å². The van der Waals surface area contributed by atoms with Crippen molar-refractivity contribution in [2.75, 3.05) is 12.8 Å². The quantitative estimate of drug-likeness (QED) is 0.774. The van der Waals surface area contributed by atoms with E-state index >= 15 is 0 Å². The first-order valence-corrected chi connectivity index (χ1v) is 7.69. The number of imidazole rings is 1. The topological polar surface area (TPSA) is 29.9 Å². The molecule has 0 atom stereocenters. The summed E-state index contributed by atoms with van der Waals surface area (Å²) in [6.07, 6.45) is 8.54. The second-order valence-electron chi connectivity index (χ2n) is 4.33. The first-order valence-electron chi connectivity index (χ1n) is 6.47. The van der Waals surface area contributed by atoms with Gasteiger partial charge in [0.25, 0.3) is 0 Å². The monoisotopic (exact) mass is 255 g/mol. The molecule has 0 spiro atoms. The maximum atomic E-state index is 4.38. The third-order valence-electron chi connectivity index (χ3n) is 3.59. The molecule has 1 N–H and O–H groups in total. The Morgan fingerprint density at radius 2 is 2.06 bits per heavy atom. The van der Waals surface area contributed by atoms with E-state index in [1.165, 1.54) is 12.8 Å². The number of nitrogens with one attached hydrogen (secondary N) is 1. The van der Waals surface area contributed by atoms with E-state index in [0.717, 1.165) is 25.5 Å². The highest BCUT2D eigenvalue weighted by Crippen LogP contribution is 2.29. The SMILES string of the molecule is CCn1ccnc1CNCC(CC)(CC)SC. The molecule has 0 aliphatic carbocycles. The Hall–Kier alpha value is -0.480. The van der Waals surface area contributed by atoms with Crippen molar-refractivity contribution in [3.05, 3.63) is 18.2 Å². The zero-order valence-corrected chi connectivity index (χ0v) is 12.3. The van der Waals surface area contributed by atoms with Crippen LogP contribution in [0.3, 0.4) is 0 Å². The van der Waals surface area contributed by atoms with Crippen LogP contribution in [-0.2, 0) is 13.1 Å². The third kappa shape index (κ3) is 3.75. The Morgan fingerprint density at radius 1 is 1.35 bits per heavy atom. The molecule has 0 unspecified atom stereocenters. The lowest BCUT2D eigenvalue weighted by Crippen LogP contribution is -2.36. The normalized spacial score (nSPS) is 12.0. The lowest BCUT2D eigenvalue weighted by Gasteiger charge is -2.29. The van der Waals surface area contributed by atoms with E-state index in [1.807, 2.05) is 24.2 Å². The van der Waals surface area contributed by atoms with Crippen molar-refractivity contribution >= 4 is 11.8 Å². The van der Waals surface area contributed by atoms with Gasteiger partial charge in [-0.25, -0.2) is 4.98 Å². The van der Waals surface area contributed by atoms with Gasteiger partial charge in [-0.1, -0.05) is 13.8 Å². The molecule has 0 aliphatic heterocycles. The lowest BCUT2D eigenvalue weighted by atomic mass is 10.0.